The summed E-state index contributed by atoms with van der Waals surface area (Å²) in [6, 6.07) is 6.41. The summed E-state index contributed by atoms with van der Waals surface area (Å²) in [5.74, 6) is 0.371. The van der Waals surface area contributed by atoms with Crippen LogP contribution in [0.25, 0.3) is 0 Å². The van der Waals surface area contributed by atoms with Crippen molar-refractivity contribution < 1.29 is 4.79 Å². The minimum absolute atomic E-state index is 0.0913. The Morgan fingerprint density at radius 2 is 1.73 bits per heavy atom. The Hall–Kier alpha value is -1.11. The van der Waals surface area contributed by atoms with Gasteiger partial charge in [0.1, 0.15) is 5.78 Å². The van der Waals surface area contributed by atoms with Crippen molar-refractivity contribution in [3.8, 4) is 0 Å². The summed E-state index contributed by atoms with van der Waals surface area (Å²) in [6.45, 7) is 7.98. The molecule has 0 bridgehead atoms. The Labute approximate surface area is 92.5 Å². The van der Waals surface area contributed by atoms with Crippen molar-refractivity contribution in [2.24, 2.45) is 0 Å². The molecule has 0 aliphatic heterocycles. The first kappa shape index (κ1) is 12.0. The topological polar surface area (TPSA) is 17.1 Å². The zero-order valence-corrected chi connectivity index (χ0v) is 10.1. The average molecular weight is 204 g/mol. The molecule has 0 aliphatic carbocycles. The molecule has 0 saturated carbocycles. The number of hydrogen-bond acceptors (Lipinski definition) is 1. The maximum Gasteiger partial charge on any atom is 0.137 e. The molecule has 0 unspecified atom stereocenters. The van der Waals surface area contributed by atoms with E-state index in [4.69, 9.17) is 0 Å². The van der Waals surface area contributed by atoms with Crippen molar-refractivity contribution in [3.05, 3.63) is 34.9 Å². The third-order valence-electron chi connectivity index (χ3n) is 2.71. The van der Waals surface area contributed by atoms with E-state index >= 15 is 0 Å². The molecule has 0 spiro atoms. The van der Waals surface area contributed by atoms with Gasteiger partial charge in [0.25, 0.3) is 0 Å². The fraction of sp³-hybridized carbons (Fsp3) is 0.500. The van der Waals surface area contributed by atoms with Crippen LogP contribution >= 0.6 is 0 Å². The summed E-state index contributed by atoms with van der Waals surface area (Å²) in [5, 5.41) is 0. The second-order valence-corrected chi connectivity index (χ2v) is 4.37. The Morgan fingerprint density at radius 1 is 1.20 bits per heavy atom. The number of benzene rings is 1. The van der Waals surface area contributed by atoms with Gasteiger partial charge in [-0.3, -0.25) is 4.79 Å². The van der Waals surface area contributed by atoms with Gasteiger partial charge in [-0.05, 0) is 32.8 Å². The number of aryl methyl sites for hydroxylation is 2. The van der Waals surface area contributed by atoms with Gasteiger partial charge in [0.2, 0.25) is 0 Å². The molecule has 0 N–H and O–H groups in total. The number of hydrogen-bond donors (Lipinski definition) is 0. The maximum absolute atomic E-state index is 11.6. The number of ketones is 1. The number of carbonyl (C=O) groups is 1. The monoisotopic (exact) mass is 204 g/mol. The van der Waals surface area contributed by atoms with Gasteiger partial charge in [0.15, 0.2) is 0 Å². The molecule has 0 amide bonds. The highest BCUT2D eigenvalue weighted by Crippen LogP contribution is 2.24. The van der Waals surface area contributed by atoms with Gasteiger partial charge >= 0.3 is 0 Å². The second kappa shape index (κ2) is 5.11. The number of Topliss-reactive ketones (excluding diaryl/α,β-unsaturated/α-hetero) is 1. The number of rotatable bonds is 4. The van der Waals surface area contributed by atoms with Gasteiger partial charge < -0.3 is 0 Å². The van der Waals surface area contributed by atoms with Crippen LogP contribution in [0.15, 0.2) is 18.2 Å². The SMILES string of the molecule is CCC[C@H](C(C)=O)c1cc(C)cc(C)c1. The molecular formula is C14H20O. The maximum atomic E-state index is 11.6. The highest BCUT2D eigenvalue weighted by atomic mass is 16.1. The van der Waals surface area contributed by atoms with Gasteiger partial charge in [0.05, 0.1) is 0 Å². The van der Waals surface area contributed by atoms with Crippen LogP contribution in [-0.4, -0.2) is 5.78 Å². The zero-order valence-electron chi connectivity index (χ0n) is 10.1. The molecule has 0 aromatic heterocycles. The van der Waals surface area contributed by atoms with E-state index in [0.717, 1.165) is 12.8 Å². The molecule has 1 heteroatoms. The van der Waals surface area contributed by atoms with Crippen molar-refractivity contribution in [2.45, 2.75) is 46.5 Å². The van der Waals surface area contributed by atoms with Crippen molar-refractivity contribution in [1.29, 1.82) is 0 Å². The molecule has 0 radical (unpaired) electrons. The fourth-order valence-corrected chi connectivity index (χ4v) is 2.10. The standard InChI is InChI=1S/C14H20O/c1-5-6-14(12(4)15)13-8-10(2)7-11(3)9-13/h7-9,14H,5-6H2,1-4H3/t14-/m1/s1. The van der Waals surface area contributed by atoms with Crippen LogP contribution in [0.5, 0.6) is 0 Å². The Balaban J connectivity index is 3.05. The molecule has 82 valence electrons. The third kappa shape index (κ3) is 3.19. The second-order valence-electron chi connectivity index (χ2n) is 4.37. The molecule has 1 nitrogen and oxygen atoms in total. The predicted octanol–water partition coefficient (Wildman–Crippen LogP) is 3.78. The molecule has 1 aromatic rings. The van der Waals surface area contributed by atoms with Crippen LogP contribution in [0.1, 0.15) is 49.3 Å². The lowest BCUT2D eigenvalue weighted by atomic mass is 9.89. The van der Waals surface area contributed by atoms with Gasteiger partial charge in [-0.1, -0.05) is 42.7 Å². The molecule has 1 aromatic carbocycles. The summed E-state index contributed by atoms with van der Waals surface area (Å²) in [6.07, 6.45) is 2.01. The van der Waals surface area contributed by atoms with E-state index < -0.39 is 0 Å². The molecule has 0 aliphatic rings. The molecule has 0 saturated heterocycles. The zero-order chi connectivity index (χ0) is 11.4. The van der Waals surface area contributed by atoms with E-state index in [1.165, 1.54) is 16.7 Å². The predicted molar refractivity (Wildman–Crippen MR) is 64.2 cm³/mol. The minimum Gasteiger partial charge on any atom is -0.299 e. The molecule has 0 fully saturated rings. The van der Waals surface area contributed by atoms with E-state index in [0.29, 0.717) is 0 Å². The minimum atomic E-state index is 0.0913. The summed E-state index contributed by atoms with van der Waals surface area (Å²) in [4.78, 5) is 11.6. The lowest BCUT2D eigenvalue weighted by Gasteiger charge is -2.14. The molecule has 0 heterocycles. The van der Waals surface area contributed by atoms with Gasteiger partial charge in [-0.2, -0.15) is 0 Å². The lowest BCUT2D eigenvalue weighted by Crippen LogP contribution is -2.09. The van der Waals surface area contributed by atoms with Crippen LogP contribution in [-0.2, 0) is 4.79 Å². The fourth-order valence-electron chi connectivity index (χ4n) is 2.10. The highest BCUT2D eigenvalue weighted by Gasteiger charge is 2.15. The Kier molecular flexibility index (Phi) is 4.07. The van der Waals surface area contributed by atoms with E-state index in [1.54, 1.807) is 6.92 Å². The smallest absolute Gasteiger partial charge is 0.137 e. The van der Waals surface area contributed by atoms with Crippen LogP contribution in [0.4, 0.5) is 0 Å². The van der Waals surface area contributed by atoms with E-state index in [1.807, 2.05) is 0 Å². The summed E-state index contributed by atoms with van der Waals surface area (Å²) in [5.41, 5.74) is 3.67. The Morgan fingerprint density at radius 3 is 2.13 bits per heavy atom. The molecule has 15 heavy (non-hydrogen) atoms. The third-order valence-corrected chi connectivity index (χ3v) is 2.71. The first-order chi connectivity index (χ1) is 7.04. The average Bonchev–Trinajstić information content (AvgIpc) is 2.11. The van der Waals surface area contributed by atoms with Crippen molar-refractivity contribution in [1.82, 2.24) is 0 Å². The summed E-state index contributed by atoms with van der Waals surface area (Å²) >= 11 is 0. The largest absolute Gasteiger partial charge is 0.299 e. The van der Waals surface area contributed by atoms with Crippen molar-refractivity contribution in [3.63, 3.8) is 0 Å². The molecule has 1 rings (SSSR count). The normalized spacial score (nSPS) is 12.5. The molecule has 1 atom stereocenters. The van der Waals surface area contributed by atoms with Gasteiger partial charge in [-0.15, -0.1) is 0 Å². The van der Waals surface area contributed by atoms with Crippen LogP contribution in [0.2, 0.25) is 0 Å². The molecular weight excluding hydrogens is 184 g/mol. The number of carbonyl (C=O) groups excluding carboxylic acids is 1. The van der Waals surface area contributed by atoms with Crippen LogP contribution in [0.3, 0.4) is 0 Å². The highest BCUT2D eigenvalue weighted by molar-refractivity contribution is 5.83. The van der Waals surface area contributed by atoms with Gasteiger partial charge in [-0.25, -0.2) is 0 Å². The first-order valence-electron chi connectivity index (χ1n) is 5.63. The summed E-state index contributed by atoms with van der Waals surface area (Å²) in [7, 11) is 0. The van der Waals surface area contributed by atoms with E-state index in [9.17, 15) is 4.79 Å². The summed E-state index contributed by atoms with van der Waals surface area (Å²) < 4.78 is 0. The van der Waals surface area contributed by atoms with E-state index in [2.05, 4.69) is 39.0 Å². The van der Waals surface area contributed by atoms with Gasteiger partial charge in [0, 0.05) is 5.92 Å². The van der Waals surface area contributed by atoms with E-state index in [-0.39, 0.29) is 11.7 Å². The van der Waals surface area contributed by atoms with Crippen molar-refractivity contribution >= 4 is 5.78 Å². The van der Waals surface area contributed by atoms with Crippen molar-refractivity contribution in [2.75, 3.05) is 0 Å². The quantitative estimate of drug-likeness (QED) is 0.729. The lowest BCUT2D eigenvalue weighted by molar-refractivity contribution is -0.118. The Bertz CT molecular complexity index is 332. The van der Waals surface area contributed by atoms with Crippen LogP contribution in [0, 0.1) is 13.8 Å². The van der Waals surface area contributed by atoms with Crippen LogP contribution < -0.4 is 0 Å². The first-order valence-corrected chi connectivity index (χ1v) is 5.63.